The van der Waals surface area contributed by atoms with Gasteiger partial charge in [0.25, 0.3) is 0 Å². The summed E-state index contributed by atoms with van der Waals surface area (Å²) in [5, 5.41) is 0. The van der Waals surface area contributed by atoms with Crippen LogP contribution in [0.4, 0.5) is 0 Å². The van der Waals surface area contributed by atoms with E-state index in [1.165, 1.54) is 64.2 Å². The van der Waals surface area contributed by atoms with Gasteiger partial charge in [-0.05, 0) is 122 Å². The highest BCUT2D eigenvalue weighted by Gasteiger charge is 2.60. The summed E-state index contributed by atoms with van der Waals surface area (Å²) in [5.41, 5.74) is 0.988. The first-order valence-electron chi connectivity index (χ1n) is 18.1. The third-order valence-electron chi connectivity index (χ3n) is 13.5. The molecule has 43 heavy (non-hydrogen) atoms. The number of rotatable bonds is 15. The topological polar surface area (TPSA) is 65.0 Å². The summed E-state index contributed by atoms with van der Waals surface area (Å²) in [6.45, 7) is 16.4. The van der Waals surface area contributed by atoms with Crippen LogP contribution in [0.15, 0.2) is 0 Å². The number of nitrogens with zero attached hydrogens (tertiary/aromatic N) is 1. The first-order chi connectivity index (χ1) is 20.1. The van der Waals surface area contributed by atoms with Gasteiger partial charge in [-0.25, -0.2) is 4.57 Å². The molecule has 0 aromatic rings. The van der Waals surface area contributed by atoms with Crippen LogP contribution < -0.4 is 0 Å². The van der Waals surface area contributed by atoms with Crippen molar-refractivity contribution in [1.29, 1.82) is 0 Å². The molecule has 0 bridgehead atoms. The highest BCUT2D eigenvalue weighted by molar-refractivity contribution is 7.47. The van der Waals surface area contributed by atoms with Crippen LogP contribution in [0.3, 0.4) is 0 Å². The van der Waals surface area contributed by atoms with Gasteiger partial charge in [0.2, 0.25) is 0 Å². The molecule has 5 unspecified atom stereocenters. The lowest BCUT2D eigenvalue weighted by Crippen LogP contribution is -2.54. The highest BCUT2D eigenvalue weighted by atomic mass is 31.2. The summed E-state index contributed by atoms with van der Waals surface area (Å²) < 4.78 is 29.5. The predicted molar refractivity (Wildman–Crippen MR) is 177 cm³/mol. The van der Waals surface area contributed by atoms with E-state index in [1.807, 2.05) is 21.1 Å². The highest BCUT2D eigenvalue weighted by Crippen LogP contribution is 2.68. The SMILES string of the molecule is CC[C@H](CC[C@@H](C)[C@H]1CCC2C3CCC4C[C@@H](OCCOP(=O)(O)OCC[N+](C)(C)C)CC[C@]4(C)C3CC[C@@]21C)C(C)C. The van der Waals surface area contributed by atoms with E-state index in [0.29, 0.717) is 28.5 Å². The van der Waals surface area contributed by atoms with E-state index in [4.69, 9.17) is 13.8 Å². The Bertz CT molecular complexity index is 937. The number of quaternary nitrogens is 1. The number of hydrogen-bond donors (Lipinski definition) is 1. The fraction of sp³-hybridized carbons (Fsp3) is 1.00. The van der Waals surface area contributed by atoms with Crippen molar-refractivity contribution < 1.29 is 27.7 Å². The van der Waals surface area contributed by atoms with E-state index in [0.717, 1.165) is 60.2 Å². The van der Waals surface area contributed by atoms with Crippen LogP contribution in [0.25, 0.3) is 0 Å². The molecule has 4 fully saturated rings. The summed E-state index contributed by atoms with van der Waals surface area (Å²) in [5.74, 6) is 6.92. The quantitative estimate of drug-likeness (QED) is 0.112. The van der Waals surface area contributed by atoms with Gasteiger partial charge in [-0.15, -0.1) is 0 Å². The molecular weight excluding hydrogens is 557 g/mol. The van der Waals surface area contributed by atoms with Gasteiger partial charge in [0.15, 0.2) is 0 Å². The molecule has 4 saturated carbocycles. The minimum Gasteiger partial charge on any atom is -0.376 e. The molecule has 252 valence electrons. The molecule has 0 radical (unpaired) electrons. The molecule has 0 aromatic heterocycles. The van der Waals surface area contributed by atoms with Crippen molar-refractivity contribution in [2.75, 3.05) is 47.5 Å². The number of phosphoric ester groups is 1. The molecule has 0 saturated heterocycles. The maximum absolute atomic E-state index is 12.2. The van der Waals surface area contributed by atoms with Gasteiger partial charge in [-0.2, -0.15) is 0 Å². The molecule has 4 aliphatic rings. The number of hydrogen-bond acceptors (Lipinski definition) is 4. The largest absolute Gasteiger partial charge is 0.472 e. The summed E-state index contributed by atoms with van der Waals surface area (Å²) in [6.07, 6.45) is 16.4. The van der Waals surface area contributed by atoms with Crippen LogP contribution in [-0.4, -0.2) is 63.0 Å². The van der Waals surface area contributed by atoms with Gasteiger partial charge in [0.05, 0.1) is 40.5 Å². The van der Waals surface area contributed by atoms with Crippen molar-refractivity contribution >= 4 is 7.82 Å². The fourth-order valence-electron chi connectivity index (χ4n) is 10.9. The van der Waals surface area contributed by atoms with Gasteiger partial charge in [-0.3, -0.25) is 9.05 Å². The Kier molecular flexibility index (Phi) is 12.0. The van der Waals surface area contributed by atoms with E-state index in [1.54, 1.807) is 0 Å². The molecule has 0 aromatic carbocycles. The number of ether oxygens (including phenoxy) is 1. The second-order valence-corrected chi connectivity index (χ2v) is 18.7. The molecule has 1 N–H and O–H groups in total. The van der Waals surface area contributed by atoms with Crippen LogP contribution in [-0.2, 0) is 18.3 Å². The average molecular weight is 627 g/mol. The molecule has 0 aliphatic heterocycles. The molecule has 0 spiro atoms. The number of fused-ring (bicyclic) bond motifs is 5. The third-order valence-corrected chi connectivity index (χ3v) is 14.6. The minimum atomic E-state index is -4.03. The lowest BCUT2D eigenvalue weighted by atomic mass is 9.44. The normalized spacial score (nSPS) is 39.0. The van der Waals surface area contributed by atoms with Crippen molar-refractivity contribution in [2.45, 2.75) is 125 Å². The van der Waals surface area contributed by atoms with E-state index in [2.05, 4.69) is 41.5 Å². The van der Waals surface area contributed by atoms with Crippen LogP contribution in [0.5, 0.6) is 0 Å². The average Bonchev–Trinajstić information content (AvgIpc) is 3.27. The summed E-state index contributed by atoms with van der Waals surface area (Å²) in [4.78, 5) is 10.0. The Morgan fingerprint density at radius 1 is 0.860 bits per heavy atom. The smallest absolute Gasteiger partial charge is 0.376 e. The van der Waals surface area contributed by atoms with E-state index >= 15 is 0 Å². The second-order valence-electron chi connectivity index (χ2n) is 17.3. The lowest BCUT2D eigenvalue weighted by Gasteiger charge is -2.61. The molecule has 0 heterocycles. The zero-order valence-electron chi connectivity index (χ0n) is 29.5. The Hall–Kier alpha value is 0.0300. The Morgan fingerprint density at radius 2 is 1.53 bits per heavy atom. The summed E-state index contributed by atoms with van der Waals surface area (Å²) in [7, 11) is 2.04. The van der Waals surface area contributed by atoms with Crippen molar-refractivity contribution in [2.24, 2.45) is 58.2 Å². The van der Waals surface area contributed by atoms with Gasteiger partial charge in [-0.1, -0.05) is 54.4 Å². The maximum Gasteiger partial charge on any atom is 0.472 e. The lowest BCUT2D eigenvalue weighted by molar-refractivity contribution is -0.870. The molecule has 0 amide bonds. The van der Waals surface area contributed by atoms with E-state index < -0.39 is 7.82 Å². The Balaban J connectivity index is 1.26. The number of likely N-dealkylation sites (N-methyl/N-ethyl adjacent to an activating group) is 1. The van der Waals surface area contributed by atoms with Crippen LogP contribution >= 0.6 is 7.82 Å². The monoisotopic (exact) mass is 626 g/mol. The molecule has 6 nitrogen and oxygen atoms in total. The van der Waals surface area contributed by atoms with Crippen LogP contribution in [0.1, 0.15) is 119 Å². The summed E-state index contributed by atoms with van der Waals surface area (Å²) in [6, 6.07) is 0. The standard InChI is InChI=1S/C36H68NO5P/c1-10-28(26(2)3)12-11-27(4)32-15-16-33-31-14-13-29-25-30(17-19-35(29,5)34(31)18-20-36(32,33)6)40-23-24-42-43(38,39)41-22-21-37(7,8)9/h26-34H,10-25H2,1-9H3/p+1/t27-,28-,29?,30+,31?,32-,33?,34?,35+,36-/m1/s1. The zero-order chi connectivity index (χ0) is 31.6. The van der Waals surface area contributed by atoms with Crippen molar-refractivity contribution in [3.63, 3.8) is 0 Å². The predicted octanol–water partition coefficient (Wildman–Crippen LogP) is 8.97. The molecule has 7 heteroatoms. The van der Waals surface area contributed by atoms with Crippen LogP contribution in [0.2, 0.25) is 0 Å². The van der Waals surface area contributed by atoms with E-state index in [9.17, 15) is 9.46 Å². The molecule has 4 rings (SSSR count). The van der Waals surface area contributed by atoms with Crippen molar-refractivity contribution in [3.05, 3.63) is 0 Å². The summed E-state index contributed by atoms with van der Waals surface area (Å²) >= 11 is 0. The van der Waals surface area contributed by atoms with Gasteiger partial charge in [0.1, 0.15) is 13.2 Å². The van der Waals surface area contributed by atoms with E-state index in [-0.39, 0.29) is 19.3 Å². The van der Waals surface area contributed by atoms with Crippen LogP contribution in [0, 0.1) is 58.2 Å². The second kappa shape index (κ2) is 14.4. The first-order valence-corrected chi connectivity index (χ1v) is 19.6. The zero-order valence-corrected chi connectivity index (χ0v) is 30.4. The maximum atomic E-state index is 12.2. The van der Waals surface area contributed by atoms with Crippen molar-refractivity contribution in [1.82, 2.24) is 0 Å². The van der Waals surface area contributed by atoms with Gasteiger partial charge in [0, 0.05) is 0 Å². The van der Waals surface area contributed by atoms with Crippen molar-refractivity contribution in [3.8, 4) is 0 Å². The molecule has 11 atom stereocenters. The molecular formula is C36H69NO5P+. The van der Waals surface area contributed by atoms with Gasteiger partial charge >= 0.3 is 7.82 Å². The first kappa shape index (κ1) is 35.9. The van der Waals surface area contributed by atoms with Gasteiger partial charge < -0.3 is 14.1 Å². The third kappa shape index (κ3) is 8.50. The minimum absolute atomic E-state index is 0.0949. The number of phosphoric acid groups is 1. The fourth-order valence-corrected chi connectivity index (χ4v) is 11.6. The Morgan fingerprint density at radius 3 is 2.21 bits per heavy atom. The Labute approximate surface area is 265 Å². The molecule has 4 aliphatic carbocycles.